The van der Waals surface area contributed by atoms with E-state index in [1.165, 1.54) is 12.8 Å². The van der Waals surface area contributed by atoms with Crippen LogP contribution < -0.4 is 0 Å². The molecule has 1 aliphatic rings. The molecule has 88 valence electrons. The van der Waals surface area contributed by atoms with Gasteiger partial charge in [-0.1, -0.05) is 30.3 Å². The van der Waals surface area contributed by atoms with Crippen molar-refractivity contribution in [2.75, 3.05) is 0 Å². The van der Waals surface area contributed by atoms with Crippen LogP contribution in [0.3, 0.4) is 0 Å². The minimum absolute atomic E-state index is 0.0505. The maximum Gasteiger partial charge on any atom is 0.0978 e. The van der Waals surface area contributed by atoms with Crippen molar-refractivity contribution in [1.82, 2.24) is 9.78 Å². The van der Waals surface area contributed by atoms with Gasteiger partial charge in [0, 0.05) is 23.9 Å². The van der Waals surface area contributed by atoms with E-state index in [1.54, 1.807) is 0 Å². The van der Waals surface area contributed by atoms with Crippen molar-refractivity contribution in [2.24, 2.45) is 5.92 Å². The summed E-state index contributed by atoms with van der Waals surface area (Å²) in [6.07, 6.45) is 4.60. The van der Waals surface area contributed by atoms with Gasteiger partial charge in [0.05, 0.1) is 12.3 Å². The smallest absolute Gasteiger partial charge is 0.0978 e. The first-order valence-electron chi connectivity index (χ1n) is 6.09. The highest BCUT2D eigenvalue weighted by molar-refractivity contribution is 5.62. The van der Waals surface area contributed by atoms with Crippen molar-refractivity contribution in [1.29, 1.82) is 0 Å². The van der Waals surface area contributed by atoms with E-state index in [0.29, 0.717) is 0 Å². The molecule has 3 nitrogen and oxygen atoms in total. The SMILES string of the molecule is OCc1cn(CC2CC2)nc1-c1ccccc1. The van der Waals surface area contributed by atoms with Crippen molar-refractivity contribution >= 4 is 0 Å². The van der Waals surface area contributed by atoms with Crippen molar-refractivity contribution in [3.8, 4) is 11.3 Å². The summed E-state index contributed by atoms with van der Waals surface area (Å²) in [5.74, 6) is 0.796. The van der Waals surface area contributed by atoms with Gasteiger partial charge < -0.3 is 5.11 Å². The first kappa shape index (κ1) is 10.5. The number of aliphatic hydroxyl groups excluding tert-OH is 1. The lowest BCUT2D eigenvalue weighted by Gasteiger charge is -1.99. The zero-order valence-corrected chi connectivity index (χ0v) is 9.71. The number of benzene rings is 1. The second-order valence-corrected chi connectivity index (χ2v) is 4.69. The summed E-state index contributed by atoms with van der Waals surface area (Å²) in [5.41, 5.74) is 2.90. The van der Waals surface area contributed by atoms with Crippen LogP contribution in [-0.4, -0.2) is 14.9 Å². The maximum atomic E-state index is 9.39. The average Bonchev–Trinajstić information content (AvgIpc) is 3.08. The quantitative estimate of drug-likeness (QED) is 0.872. The molecule has 1 aromatic carbocycles. The van der Waals surface area contributed by atoms with Crippen molar-refractivity contribution in [3.05, 3.63) is 42.1 Å². The Kier molecular flexibility index (Phi) is 2.69. The van der Waals surface area contributed by atoms with E-state index in [2.05, 4.69) is 5.10 Å². The minimum atomic E-state index is 0.0505. The summed E-state index contributed by atoms with van der Waals surface area (Å²) >= 11 is 0. The Labute approximate surface area is 101 Å². The molecule has 1 aromatic heterocycles. The molecule has 1 fully saturated rings. The van der Waals surface area contributed by atoms with Crippen LogP contribution in [-0.2, 0) is 13.2 Å². The molecule has 0 unspecified atom stereocenters. The van der Waals surface area contributed by atoms with E-state index in [0.717, 1.165) is 29.3 Å². The molecule has 0 amide bonds. The number of hydrogen-bond acceptors (Lipinski definition) is 2. The van der Waals surface area contributed by atoms with Crippen molar-refractivity contribution in [2.45, 2.75) is 26.0 Å². The molecule has 0 spiro atoms. The maximum absolute atomic E-state index is 9.39. The van der Waals surface area contributed by atoms with Gasteiger partial charge in [0.25, 0.3) is 0 Å². The second-order valence-electron chi connectivity index (χ2n) is 4.69. The van der Waals surface area contributed by atoms with Crippen LogP contribution in [0.4, 0.5) is 0 Å². The summed E-state index contributed by atoms with van der Waals surface area (Å²) in [5, 5.41) is 14.0. The van der Waals surface area contributed by atoms with Gasteiger partial charge in [-0.2, -0.15) is 5.10 Å². The van der Waals surface area contributed by atoms with E-state index in [1.807, 2.05) is 41.2 Å². The molecule has 0 saturated heterocycles. The van der Waals surface area contributed by atoms with E-state index >= 15 is 0 Å². The van der Waals surface area contributed by atoms with Crippen LogP contribution in [0.5, 0.6) is 0 Å². The Morgan fingerprint density at radius 3 is 2.65 bits per heavy atom. The van der Waals surface area contributed by atoms with Gasteiger partial charge in [0.1, 0.15) is 0 Å². The largest absolute Gasteiger partial charge is 0.392 e. The third-order valence-corrected chi connectivity index (χ3v) is 3.20. The van der Waals surface area contributed by atoms with E-state index < -0.39 is 0 Å². The van der Waals surface area contributed by atoms with Gasteiger partial charge in [-0.3, -0.25) is 4.68 Å². The number of aromatic nitrogens is 2. The van der Waals surface area contributed by atoms with Gasteiger partial charge in [0.2, 0.25) is 0 Å². The third-order valence-electron chi connectivity index (χ3n) is 3.20. The summed E-state index contributed by atoms with van der Waals surface area (Å²) < 4.78 is 1.98. The van der Waals surface area contributed by atoms with Gasteiger partial charge in [-0.15, -0.1) is 0 Å². The summed E-state index contributed by atoms with van der Waals surface area (Å²) in [6.45, 7) is 1.04. The fourth-order valence-corrected chi connectivity index (χ4v) is 2.08. The molecule has 1 N–H and O–H groups in total. The predicted octanol–water partition coefficient (Wildman–Crippen LogP) is 2.45. The highest BCUT2D eigenvalue weighted by Gasteiger charge is 2.22. The molecule has 0 aliphatic heterocycles. The molecular weight excluding hydrogens is 212 g/mol. The van der Waals surface area contributed by atoms with Gasteiger partial charge in [-0.05, 0) is 18.8 Å². The Bertz CT molecular complexity index is 500. The molecule has 1 saturated carbocycles. The number of rotatable bonds is 4. The van der Waals surface area contributed by atoms with Crippen LogP contribution in [0.1, 0.15) is 18.4 Å². The van der Waals surface area contributed by atoms with Crippen LogP contribution in [0.2, 0.25) is 0 Å². The topological polar surface area (TPSA) is 38.0 Å². The molecule has 0 bridgehead atoms. The van der Waals surface area contributed by atoms with Crippen LogP contribution in [0, 0.1) is 5.92 Å². The minimum Gasteiger partial charge on any atom is -0.392 e. The van der Waals surface area contributed by atoms with E-state index in [4.69, 9.17) is 0 Å². The molecule has 0 atom stereocenters. The highest BCUT2D eigenvalue weighted by atomic mass is 16.3. The molecule has 2 aromatic rings. The van der Waals surface area contributed by atoms with E-state index in [-0.39, 0.29) is 6.61 Å². The first-order chi connectivity index (χ1) is 8.36. The first-order valence-corrected chi connectivity index (χ1v) is 6.09. The predicted molar refractivity (Wildman–Crippen MR) is 66.3 cm³/mol. The van der Waals surface area contributed by atoms with Crippen LogP contribution in [0.25, 0.3) is 11.3 Å². The zero-order valence-electron chi connectivity index (χ0n) is 9.71. The lowest BCUT2D eigenvalue weighted by atomic mass is 10.1. The summed E-state index contributed by atoms with van der Waals surface area (Å²) in [6, 6.07) is 10.0. The Morgan fingerprint density at radius 2 is 2.00 bits per heavy atom. The normalized spacial score (nSPS) is 15.1. The van der Waals surface area contributed by atoms with Crippen molar-refractivity contribution in [3.63, 3.8) is 0 Å². The average molecular weight is 228 g/mol. The molecule has 1 heterocycles. The van der Waals surface area contributed by atoms with Crippen molar-refractivity contribution < 1.29 is 5.11 Å². The van der Waals surface area contributed by atoms with Gasteiger partial charge in [0.15, 0.2) is 0 Å². The van der Waals surface area contributed by atoms with Gasteiger partial charge in [-0.25, -0.2) is 0 Å². The molecule has 0 radical (unpaired) electrons. The monoisotopic (exact) mass is 228 g/mol. The number of nitrogens with zero attached hydrogens (tertiary/aromatic N) is 2. The zero-order chi connectivity index (χ0) is 11.7. The molecule has 3 heteroatoms. The molecule has 3 rings (SSSR count). The Morgan fingerprint density at radius 1 is 1.24 bits per heavy atom. The second kappa shape index (κ2) is 4.34. The standard InChI is InChI=1S/C14H16N2O/c17-10-13-9-16(8-11-6-7-11)15-14(13)12-4-2-1-3-5-12/h1-5,9,11,17H,6-8,10H2. The molecule has 1 aliphatic carbocycles. The number of aliphatic hydroxyl groups is 1. The number of hydrogen-bond donors (Lipinski definition) is 1. The molecule has 17 heavy (non-hydrogen) atoms. The van der Waals surface area contributed by atoms with E-state index in [9.17, 15) is 5.11 Å². The fraction of sp³-hybridized carbons (Fsp3) is 0.357. The third kappa shape index (κ3) is 2.24. The fourth-order valence-electron chi connectivity index (χ4n) is 2.08. The Balaban J connectivity index is 1.94. The lowest BCUT2D eigenvalue weighted by Crippen LogP contribution is -1.99. The van der Waals surface area contributed by atoms with Crippen LogP contribution in [0.15, 0.2) is 36.5 Å². The summed E-state index contributed by atoms with van der Waals surface area (Å²) in [4.78, 5) is 0. The lowest BCUT2D eigenvalue weighted by molar-refractivity contribution is 0.282. The van der Waals surface area contributed by atoms with Gasteiger partial charge >= 0.3 is 0 Å². The molecular formula is C14H16N2O. The highest BCUT2D eigenvalue weighted by Crippen LogP contribution is 2.31. The summed E-state index contributed by atoms with van der Waals surface area (Å²) in [7, 11) is 0. The van der Waals surface area contributed by atoms with Crippen LogP contribution >= 0.6 is 0 Å². The Hall–Kier alpha value is -1.61.